The van der Waals surface area contributed by atoms with Crippen LogP contribution in [0, 0.1) is 28.1 Å². The van der Waals surface area contributed by atoms with Gasteiger partial charge in [-0.05, 0) is 51.2 Å². The van der Waals surface area contributed by atoms with Crippen molar-refractivity contribution in [3.63, 3.8) is 0 Å². The van der Waals surface area contributed by atoms with Gasteiger partial charge in [0, 0.05) is 5.92 Å². The first kappa shape index (κ1) is 21.6. The smallest absolute Gasteiger partial charge is 0.342 e. The Bertz CT molecular complexity index is 1060. The third-order valence-corrected chi connectivity index (χ3v) is 6.48. The van der Waals surface area contributed by atoms with Gasteiger partial charge in [0.05, 0.1) is 16.5 Å². The number of hydrogen-bond acceptors (Lipinski definition) is 4. The van der Waals surface area contributed by atoms with Crippen molar-refractivity contribution in [3.8, 4) is 17.6 Å². The number of ether oxygens (including phenoxy) is 1. The molecule has 0 heterocycles. The summed E-state index contributed by atoms with van der Waals surface area (Å²) in [5.74, 6) is -2.87. The van der Waals surface area contributed by atoms with Gasteiger partial charge in [0.2, 0.25) is 0 Å². The van der Waals surface area contributed by atoms with Crippen LogP contribution >= 0.6 is 15.9 Å². The number of carboxylic acid groups (broad SMARTS) is 2. The van der Waals surface area contributed by atoms with Crippen molar-refractivity contribution in [1.29, 1.82) is 5.26 Å². The van der Waals surface area contributed by atoms with Crippen LogP contribution in [0.15, 0.2) is 65.2 Å². The van der Waals surface area contributed by atoms with Crippen LogP contribution in [0.3, 0.4) is 0 Å². The Hall–Kier alpha value is -3.11. The zero-order valence-electron chi connectivity index (χ0n) is 16.4. The van der Waals surface area contributed by atoms with Crippen LogP contribution in [0.4, 0.5) is 0 Å². The van der Waals surface area contributed by atoms with Gasteiger partial charge in [-0.3, -0.25) is 4.79 Å². The molecule has 1 aliphatic carbocycles. The molecule has 1 aliphatic rings. The molecule has 3 rings (SSSR count). The van der Waals surface area contributed by atoms with E-state index in [9.17, 15) is 25.1 Å². The van der Waals surface area contributed by atoms with Crippen LogP contribution in [0.25, 0.3) is 0 Å². The molecule has 0 aliphatic heterocycles. The Balaban J connectivity index is 2.03. The molecule has 2 N–H and O–H groups in total. The minimum absolute atomic E-state index is 0.124. The summed E-state index contributed by atoms with van der Waals surface area (Å²) in [4.78, 5) is 23.7. The SMILES string of the molecule is CC1(C)[C@H](C=C(Br)C(=O)O)[C@@]1(C(=O)O)[C@@H](C#N)c1cccc(Oc2ccccc2)c1. The lowest BCUT2D eigenvalue weighted by atomic mass is 9.78. The molecule has 2 aromatic rings. The van der Waals surface area contributed by atoms with Crippen LogP contribution in [0.5, 0.6) is 11.5 Å². The molecular weight excluding hydrogens is 450 g/mol. The van der Waals surface area contributed by atoms with Crippen molar-refractivity contribution in [2.75, 3.05) is 0 Å². The highest BCUT2D eigenvalue weighted by Crippen LogP contribution is 2.75. The number of rotatable bonds is 7. The Morgan fingerprint density at radius 2 is 1.77 bits per heavy atom. The van der Waals surface area contributed by atoms with Gasteiger partial charge in [0.1, 0.15) is 16.9 Å². The summed E-state index contributed by atoms with van der Waals surface area (Å²) < 4.78 is 5.70. The largest absolute Gasteiger partial charge is 0.481 e. The molecule has 154 valence electrons. The highest BCUT2D eigenvalue weighted by molar-refractivity contribution is 9.12. The minimum Gasteiger partial charge on any atom is -0.481 e. The highest BCUT2D eigenvalue weighted by Gasteiger charge is 2.78. The van der Waals surface area contributed by atoms with Gasteiger partial charge in [-0.2, -0.15) is 5.26 Å². The van der Waals surface area contributed by atoms with Crippen molar-refractivity contribution in [3.05, 3.63) is 70.7 Å². The van der Waals surface area contributed by atoms with E-state index in [0.717, 1.165) is 0 Å². The van der Waals surface area contributed by atoms with E-state index < -0.39 is 34.6 Å². The molecule has 0 saturated heterocycles. The standard InChI is InChI=1S/C23H20BrNO5/c1-22(2)19(12-18(24)20(26)27)23(22,21(28)29)17(13-25)14-7-6-10-16(11-14)30-15-8-4-3-5-9-15/h3-12,17,19H,1-2H3,(H,26,27)(H,28,29)/t17-,19-,23+/m0/s1. The van der Waals surface area contributed by atoms with Crippen LogP contribution < -0.4 is 4.74 Å². The second-order valence-corrected chi connectivity index (χ2v) is 8.60. The predicted octanol–water partition coefficient (Wildman–Crippen LogP) is 5.18. The van der Waals surface area contributed by atoms with Gasteiger partial charge >= 0.3 is 11.9 Å². The molecule has 0 spiro atoms. The normalized spacial score (nSPS) is 23.1. The van der Waals surface area contributed by atoms with E-state index >= 15 is 0 Å². The molecule has 0 aromatic heterocycles. The summed E-state index contributed by atoms with van der Waals surface area (Å²) in [5.41, 5.74) is -1.80. The first-order chi connectivity index (χ1) is 14.2. The highest BCUT2D eigenvalue weighted by atomic mass is 79.9. The molecule has 0 amide bonds. The number of benzene rings is 2. The number of carbonyl (C=O) groups is 2. The minimum atomic E-state index is -1.47. The van der Waals surface area contributed by atoms with Crippen molar-refractivity contribution < 1.29 is 24.5 Å². The van der Waals surface area contributed by atoms with Gasteiger partial charge in [0.15, 0.2) is 0 Å². The molecule has 0 radical (unpaired) electrons. The molecule has 7 heteroatoms. The quantitative estimate of drug-likeness (QED) is 0.541. The van der Waals surface area contributed by atoms with Crippen LogP contribution in [-0.2, 0) is 9.59 Å². The number of para-hydroxylation sites is 1. The Kier molecular flexibility index (Phi) is 5.73. The van der Waals surface area contributed by atoms with Crippen molar-refractivity contribution in [2.45, 2.75) is 19.8 Å². The molecule has 3 atom stereocenters. The molecule has 1 saturated carbocycles. The lowest BCUT2D eigenvalue weighted by Gasteiger charge is -2.22. The summed E-state index contributed by atoms with van der Waals surface area (Å²) >= 11 is 2.98. The fourth-order valence-electron chi connectivity index (χ4n) is 4.30. The maximum Gasteiger partial charge on any atom is 0.342 e. The van der Waals surface area contributed by atoms with Gasteiger partial charge in [-0.15, -0.1) is 0 Å². The summed E-state index contributed by atoms with van der Waals surface area (Å²) in [6.07, 6.45) is 1.38. The number of nitrogens with zero attached hydrogens (tertiary/aromatic N) is 1. The second kappa shape index (κ2) is 7.96. The van der Waals surface area contributed by atoms with Gasteiger partial charge < -0.3 is 14.9 Å². The topological polar surface area (TPSA) is 108 Å². The van der Waals surface area contributed by atoms with Crippen molar-refractivity contribution in [2.24, 2.45) is 16.7 Å². The molecule has 0 bridgehead atoms. The first-order valence-electron chi connectivity index (χ1n) is 9.22. The predicted molar refractivity (Wildman–Crippen MR) is 113 cm³/mol. The first-order valence-corrected chi connectivity index (χ1v) is 10.0. The fourth-order valence-corrected chi connectivity index (χ4v) is 4.56. The van der Waals surface area contributed by atoms with E-state index in [-0.39, 0.29) is 4.48 Å². The number of allylic oxidation sites excluding steroid dienone is 1. The molecule has 2 aromatic carbocycles. The lowest BCUT2D eigenvalue weighted by molar-refractivity contribution is -0.145. The molecule has 6 nitrogen and oxygen atoms in total. The third kappa shape index (κ3) is 3.48. The molecule has 30 heavy (non-hydrogen) atoms. The number of carboxylic acids is 2. The number of aliphatic carboxylic acids is 2. The van der Waals surface area contributed by atoms with E-state index in [0.29, 0.717) is 17.1 Å². The second-order valence-electron chi connectivity index (χ2n) is 7.74. The fraction of sp³-hybridized carbons (Fsp3) is 0.261. The number of hydrogen-bond donors (Lipinski definition) is 2. The summed E-state index contributed by atoms with van der Waals surface area (Å²) in [7, 11) is 0. The monoisotopic (exact) mass is 469 g/mol. The van der Waals surface area contributed by atoms with Crippen LogP contribution in [0.1, 0.15) is 25.3 Å². The third-order valence-electron chi connectivity index (χ3n) is 5.88. The maximum atomic E-state index is 12.4. The van der Waals surface area contributed by atoms with E-state index in [4.69, 9.17) is 4.74 Å². The summed E-state index contributed by atoms with van der Waals surface area (Å²) in [5, 5.41) is 29.3. The average Bonchev–Trinajstić information content (AvgIpc) is 3.19. The lowest BCUT2D eigenvalue weighted by Crippen LogP contribution is -2.28. The van der Waals surface area contributed by atoms with E-state index in [1.165, 1.54) is 6.08 Å². The summed E-state index contributed by atoms with van der Waals surface area (Å²) in [6, 6.07) is 18.1. The number of nitriles is 1. The molecule has 0 unspecified atom stereocenters. The molecule has 1 fully saturated rings. The van der Waals surface area contributed by atoms with E-state index in [1.807, 2.05) is 18.2 Å². The molecular formula is C23H20BrNO5. The zero-order chi connectivity index (χ0) is 22.1. The van der Waals surface area contributed by atoms with E-state index in [1.54, 1.807) is 50.2 Å². The Morgan fingerprint density at radius 1 is 1.13 bits per heavy atom. The average molecular weight is 470 g/mol. The van der Waals surface area contributed by atoms with Crippen LogP contribution in [-0.4, -0.2) is 22.2 Å². The van der Waals surface area contributed by atoms with Crippen LogP contribution in [0.2, 0.25) is 0 Å². The Labute approximate surface area is 182 Å². The zero-order valence-corrected chi connectivity index (χ0v) is 18.0. The summed E-state index contributed by atoms with van der Waals surface area (Å²) in [6.45, 7) is 3.47. The van der Waals surface area contributed by atoms with Gasteiger partial charge in [-0.25, -0.2) is 4.79 Å². The maximum absolute atomic E-state index is 12.4. The van der Waals surface area contributed by atoms with Crippen molar-refractivity contribution >= 4 is 27.9 Å². The Morgan fingerprint density at radius 3 is 2.33 bits per heavy atom. The van der Waals surface area contributed by atoms with Gasteiger partial charge in [-0.1, -0.05) is 50.3 Å². The number of halogens is 1. The van der Waals surface area contributed by atoms with Crippen molar-refractivity contribution in [1.82, 2.24) is 0 Å². The van der Waals surface area contributed by atoms with E-state index in [2.05, 4.69) is 22.0 Å². The van der Waals surface area contributed by atoms with Gasteiger partial charge in [0.25, 0.3) is 0 Å².